The number of aromatic hydroxyl groups is 1. The summed E-state index contributed by atoms with van der Waals surface area (Å²) >= 11 is 3.66. The second-order valence-corrected chi connectivity index (χ2v) is 7.24. The molecule has 0 bridgehead atoms. The second kappa shape index (κ2) is 7.76. The van der Waals surface area contributed by atoms with Gasteiger partial charge in [-0.25, -0.2) is 0 Å². The molecule has 5 nitrogen and oxygen atoms in total. The number of likely N-dealkylation sites (N-methyl/N-ethyl adjacent to an activating group) is 1. The quantitative estimate of drug-likeness (QED) is 0.791. The van der Waals surface area contributed by atoms with Crippen molar-refractivity contribution in [3.63, 3.8) is 0 Å². The lowest BCUT2D eigenvalue weighted by Gasteiger charge is -2.35. The lowest BCUT2D eigenvalue weighted by molar-refractivity contribution is 0.227. The van der Waals surface area contributed by atoms with Gasteiger partial charge in [0.25, 0.3) is 0 Å². The number of phenolic OH excluding ortho intramolecular Hbond substituents is 1. The van der Waals surface area contributed by atoms with E-state index in [-0.39, 0.29) is 11.8 Å². The van der Waals surface area contributed by atoms with Gasteiger partial charge in [-0.1, -0.05) is 6.07 Å². The van der Waals surface area contributed by atoms with Gasteiger partial charge < -0.3 is 19.3 Å². The Hall–Kier alpha value is -1.92. The first-order valence-electron chi connectivity index (χ1n) is 8.49. The van der Waals surface area contributed by atoms with Crippen molar-refractivity contribution in [1.82, 2.24) is 4.90 Å². The maximum absolute atomic E-state index is 10.3. The first-order chi connectivity index (χ1) is 12.5. The third kappa shape index (κ3) is 3.35. The monoisotopic (exact) mass is 421 g/mol. The smallest absolute Gasteiger partial charge is 0.175 e. The summed E-state index contributed by atoms with van der Waals surface area (Å²) in [7, 11) is 6.96. The first kappa shape index (κ1) is 18.9. The van der Waals surface area contributed by atoms with E-state index in [1.54, 1.807) is 21.3 Å². The number of ether oxygens (including phenoxy) is 3. The van der Waals surface area contributed by atoms with Gasteiger partial charge in [-0.15, -0.1) is 0 Å². The lowest BCUT2D eigenvalue weighted by atomic mass is 9.88. The summed E-state index contributed by atoms with van der Waals surface area (Å²) in [4.78, 5) is 2.32. The van der Waals surface area contributed by atoms with Gasteiger partial charge in [-0.05, 0) is 70.7 Å². The molecule has 1 heterocycles. The highest BCUT2D eigenvalue weighted by Crippen LogP contribution is 2.42. The van der Waals surface area contributed by atoms with E-state index >= 15 is 0 Å². The van der Waals surface area contributed by atoms with Crippen LogP contribution in [0, 0.1) is 0 Å². The van der Waals surface area contributed by atoms with E-state index in [1.165, 1.54) is 5.56 Å². The van der Waals surface area contributed by atoms with Gasteiger partial charge in [-0.2, -0.15) is 0 Å². The first-order valence-corrected chi connectivity index (χ1v) is 9.28. The normalized spacial score (nSPS) is 16.9. The minimum Gasteiger partial charge on any atom is -0.504 e. The Bertz CT molecular complexity index is 809. The predicted molar refractivity (Wildman–Crippen MR) is 105 cm³/mol. The molecule has 0 aromatic heterocycles. The summed E-state index contributed by atoms with van der Waals surface area (Å²) < 4.78 is 17.0. The zero-order chi connectivity index (χ0) is 18.8. The fourth-order valence-corrected chi connectivity index (χ4v) is 4.22. The minimum absolute atomic E-state index is 0.157. The number of phenols is 1. The van der Waals surface area contributed by atoms with E-state index in [4.69, 9.17) is 14.2 Å². The Kier molecular flexibility index (Phi) is 5.63. The van der Waals surface area contributed by atoms with Crippen LogP contribution in [-0.4, -0.2) is 44.9 Å². The Labute approximate surface area is 162 Å². The summed E-state index contributed by atoms with van der Waals surface area (Å²) in [5.74, 6) is 2.10. The summed E-state index contributed by atoms with van der Waals surface area (Å²) in [5.41, 5.74) is 3.49. The summed E-state index contributed by atoms with van der Waals surface area (Å²) in [5, 5.41) is 10.3. The molecule has 1 aliphatic rings. The molecule has 1 atom stereocenters. The fourth-order valence-electron chi connectivity index (χ4n) is 3.57. The SMILES string of the molecule is COc1cc2c(cc1O)C(Cc1ccc(OC)c(OC)c1Br)N(C)CC2. The molecular formula is C20H24BrNO4. The molecule has 2 aromatic carbocycles. The average Bonchev–Trinajstić information content (AvgIpc) is 2.64. The molecule has 0 fully saturated rings. The Morgan fingerprint density at radius 2 is 1.85 bits per heavy atom. The number of rotatable bonds is 5. The Balaban J connectivity index is 2.00. The Morgan fingerprint density at radius 3 is 2.50 bits per heavy atom. The number of fused-ring (bicyclic) bond motifs is 1. The topological polar surface area (TPSA) is 51.2 Å². The summed E-state index contributed by atoms with van der Waals surface area (Å²) in [6.45, 7) is 0.955. The Morgan fingerprint density at radius 1 is 1.12 bits per heavy atom. The van der Waals surface area contributed by atoms with Gasteiger partial charge in [0, 0.05) is 12.6 Å². The van der Waals surface area contributed by atoms with Gasteiger partial charge in [0.1, 0.15) is 0 Å². The lowest BCUT2D eigenvalue weighted by Crippen LogP contribution is -2.33. The molecule has 2 aromatic rings. The molecule has 6 heteroatoms. The fraction of sp³-hybridized carbons (Fsp3) is 0.400. The van der Waals surface area contributed by atoms with E-state index < -0.39 is 0 Å². The van der Waals surface area contributed by atoms with Crippen molar-refractivity contribution >= 4 is 15.9 Å². The molecule has 0 aliphatic carbocycles. The average molecular weight is 422 g/mol. The highest BCUT2D eigenvalue weighted by atomic mass is 79.9. The molecule has 0 spiro atoms. The molecule has 0 saturated carbocycles. The van der Waals surface area contributed by atoms with E-state index in [2.05, 4.69) is 33.9 Å². The third-order valence-electron chi connectivity index (χ3n) is 5.04. The maximum Gasteiger partial charge on any atom is 0.175 e. The van der Waals surface area contributed by atoms with Crippen molar-refractivity contribution in [3.05, 3.63) is 45.4 Å². The molecule has 0 saturated heterocycles. The van der Waals surface area contributed by atoms with Gasteiger partial charge in [0.15, 0.2) is 23.0 Å². The number of hydrogen-bond acceptors (Lipinski definition) is 5. The largest absolute Gasteiger partial charge is 0.504 e. The van der Waals surface area contributed by atoms with E-state index in [0.717, 1.165) is 35.0 Å². The third-order valence-corrected chi connectivity index (χ3v) is 5.91. The minimum atomic E-state index is 0.157. The van der Waals surface area contributed by atoms with Crippen LogP contribution < -0.4 is 14.2 Å². The van der Waals surface area contributed by atoms with Gasteiger partial charge in [-0.3, -0.25) is 4.90 Å². The van der Waals surface area contributed by atoms with Crippen LogP contribution in [0.1, 0.15) is 22.7 Å². The molecule has 140 valence electrons. The van der Waals surface area contributed by atoms with Gasteiger partial charge in [0.05, 0.1) is 25.8 Å². The number of benzene rings is 2. The number of hydrogen-bond donors (Lipinski definition) is 1. The molecule has 1 unspecified atom stereocenters. The molecule has 0 radical (unpaired) electrons. The van der Waals surface area contributed by atoms with Crippen LogP contribution in [-0.2, 0) is 12.8 Å². The van der Waals surface area contributed by atoms with Crippen molar-refractivity contribution in [2.75, 3.05) is 34.9 Å². The number of halogens is 1. The number of nitrogens with zero attached hydrogens (tertiary/aromatic N) is 1. The summed E-state index contributed by atoms with van der Waals surface area (Å²) in [6.07, 6.45) is 1.72. The highest BCUT2D eigenvalue weighted by Gasteiger charge is 2.28. The van der Waals surface area contributed by atoms with Crippen molar-refractivity contribution in [1.29, 1.82) is 0 Å². The molecule has 1 aliphatic heterocycles. The van der Waals surface area contributed by atoms with Crippen LogP contribution in [0.15, 0.2) is 28.7 Å². The van der Waals surface area contributed by atoms with Gasteiger partial charge in [0.2, 0.25) is 0 Å². The zero-order valence-corrected chi connectivity index (χ0v) is 17.1. The highest BCUT2D eigenvalue weighted by molar-refractivity contribution is 9.10. The molecule has 0 amide bonds. The van der Waals surface area contributed by atoms with Crippen LogP contribution in [0.2, 0.25) is 0 Å². The van der Waals surface area contributed by atoms with E-state index in [0.29, 0.717) is 17.2 Å². The van der Waals surface area contributed by atoms with Crippen LogP contribution in [0.25, 0.3) is 0 Å². The van der Waals surface area contributed by atoms with Crippen molar-refractivity contribution in [3.8, 4) is 23.0 Å². The second-order valence-electron chi connectivity index (χ2n) is 6.45. The van der Waals surface area contributed by atoms with Crippen LogP contribution in [0.3, 0.4) is 0 Å². The van der Waals surface area contributed by atoms with E-state index in [9.17, 15) is 5.11 Å². The molecular weight excluding hydrogens is 398 g/mol. The van der Waals surface area contributed by atoms with Crippen molar-refractivity contribution < 1.29 is 19.3 Å². The van der Waals surface area contributed by atoms with Crippen LogP contribution in [0.5, 0.6) is 23.0 Å². The van der Waals surface area contributed by atoms with E-state index in [1.807, 2.05) is 18.2 Å². The summed E-state index contributed by atoms with van der Waals surface area (Å²) in [6, 6.07) is 7.92. The predicted octanol–water partition coefficient (Wildman–Crippen LogP) is 3.95. The zero-order valence-electron chi connectivity index (χ0n) is 15.5. The van der Waals surface area contributed by atoms with Crippen LogP contribution >= 0.6 is 15.9 Å². The maximum atomic E-state index is 10.3. The molecule has 1 N–H and O–H groups in total. The van der Waals surface area contributed by atoms with Crippen molar-refractivity contribution in [2.45, 2.75) is 18.9 Å². The molecule has 26 heavy (non-hydrogen) atoms. The number of methoxy groups -OCH3 is 3. The van der Waals surface area contributed by atoms with Crippen molar-refractivity contribution in [2.24, 2.45) is 0 Å². The van der Waals surface area contributed by atoms with Gasteiger partial charge >= 0.3 is 0 Å². The molecule has 3 rings (SSSR count). The van der Waals surface area contributed by atoms with Crippen LogP contribution in [0.4, 0.5) is 0 Å². The standard InChI is InChI=1S/C20H24BrNO4/c1-22-8-7-12-10-18(25-3)16(23)11-14(12)15(22)9-13-5-6-17(24-2)20(26-4)19(13)21/h5-6,10-11,15,23H,7-9H2,1-4H3.